The van der Waals surface area contributed by atoms with E-state index in [2.05, 4.69) is 5.32 Å². The van der Waals surface area contributed by atoms with Crippen LogP contribution in [0.5, 0.6) is 5.75 Å². The largest absolute Gasteiger partial charge is 0.492 e. The molecule has 1 amide bonds. The molecule has 0 unspecified atom stereocenters. The molecule has 1 atom stereocenters. The number of benzene rings is 3. The van der Waals surface area contributed by atoms with Crippen molar-refractivity contribution in [1.82, 2.24) is 4.90 Å². The molecule has 0 radical (unpaired) electrons. The van der Waals surface area contributed by atoms with Gasteiger partial charge in [-0.05, 0) is 60.0 Å². The Kier molecular flexibility index (Phi) is 9.66. The summed E-state index contributed by atoms with van der Waals surface area (Å²) in [4.78, 5) is 41.5. The molecular formula is C34H34N2O5S. The molecule has 0 spiro atoms. The number of ether oxygens (including phenoxy) is 2. The molecule has 0 saturated heterocycles. The minimum Gasteiger partial charge on any atom is -0.492 e. The lowest BCUT2D eigenvalue weighted by Gasteiger charge is -2.22. The van der Waals surface area contributed by atoms with Crippen LogP contribution in [-0.2, 0) is 16.0 Å². The van der Waals surface area contributed by atoms with Gasteiger partial charge in [-0.3, -0.25) is 9.59 Å². The first-order valence-electron chi connectivity index (χ1n) is 14.1. The van der Waals surface area contributed by atoms with Gasteiger partial charge in [-0.2, -0.15) is 0 Å². The third kappa shape index (κ3) is 7.64. The number of hydrogen-bond donors (Lipinski definition) is 1. The molecular weight excluding hydrogens is 548 g/mol. The highest BCUT2D eigenvalue weighted by Crippen LogP contribution is 2.30. The van der Waals surface area contributed by atoms with Gasteiger partial charge in [0.15, 0.2) is 5.78 Å². The quantitative estimate of drug-likeness (QED) is 0.143. The number of nitrogens with one attached hydrogen (secondary N) is 1. The first-order chi connectivity index (χ1) is 20.5. The fourth-order valence-corrected chi connectivity index (χ4v) is 5.44. The van der Waals surface area contributed by atoms with Crippen molar-refractivity contribution in [2.45, 2.75) is 25.3 Å². The molecule has 216 valence electrons. The lowest BCUT2D eigenvalue weighted by atomic mass is 10.00. The third-order valence-corrected chi connectivity index (χ3v) is 8.07. The zero-order valence-corrected chi connectivity index (χ0v) is 24.3. The molecule has 1 aliphatic rings. The molecule has 1 N–H and O–H groups in total. The van der Waals surface area contributed by atoms with Crippen LogP contribution in [0.3, 0.4) is 0 Å². The van der Waals surface area contributed by atoms with Gasteiger partial charge < -0.3 is 19.7 Å². The van der Waals surface area contributed by atoms with Gasteiger partial charge in [0, 0.05) is 29.8 Å². The summed E-state index contributed by atoms with van der Waals surface area (Å²) in [6, 6.07) is 26.8. The van der Waals surface area contributed by atoms with Gasteiger partial charge in [-0.25, -0.2) is 4.79 Å². The second-order valence-electron chi connectivity index (χ2n) is 10.3. The van der Waals surface area contributed by atoms with E-state index in [4.69, 9.17) is 9.47 Å². The van der Waals surface area contributed by atoms with E-state index in [0.29, 0.717) is 48.1 Å². The van der Waals surface area contributed by atoms with Crippen molar-refractivity contribution in [1.29, 1.82) is 0 Å². The Morgan fingerprint density at radius 2 is 1.67 bits per heavy atom. The Hall–Kier alpha value is -4.43. The molecule has 8 heteroatoms. The number of anilines is 1. The summed E-state index contributed by atoms with van der Waals surface area (Å²) in [5.74, 6) is 0.785. The highest BCUT2D eigenvalue weighted by Gasteiger charge is 2.28. The number of ketones is 1. The molecule has 1 heterocycles. The predicted molar refractivity (Wildman–Crippen MR) is 164 cm³/mol. The van der Waals surface area contributed by atoms with Crippen molar-refractivity contribution in [3.05, 3.63) is 118 Å². The molecule has 1 fully saturated rings. The van der Waals surface area contributed by atoms with Crippen LogP contribution in [0.25, 0.3) is 0 Å². The summed E-state index contributed by atoms with van der Waals surface area (Å²) in [7, 11) is 1.35. The summed E-state index contributed by atoms with van der Waals surface area (Å²) in [5, 5.41) is 5.16. The van der Waals surface area contributed by atoms with E-state index in [1.807, 2.05) is 70.9 Å². The Balaban J connectivity index is 1.20. The number of nitrogens with zero attached hydrogens (tertiary/aromatic N) is 1. The molecule has 42 heavy (non-hydrogen) atoms. The van der Waals surface area contributed by atoms with Crippen LogP contribution in [-0.4, -0.2) is 55.4 Å². The standard InChI is InChI=1S/C34H34N2O5S/c1-40-34(39)30(35-29-11-6-5-10-28(29)32(37)26-8-3-2-4-9-26)22-24-15-17-27(18-16-24)41-20-19-36(23-25-13-14-25)33(38)31-12-7-21-42-31/h2-12,15-18,21,25,30,35H,13-14,19-20,22-23H2,1H3/t30-/m0/s1. The maximum absolute atomic E-state index is 13.2. The number of amides is 1. The lowest BCUT2D eigenvalue weighted by Crippen LogP contribution is -2.35. The van der Waals surface area contributed by atoms with Gasteiger partial charge in [0.05, 0.1) is 18.5 Å². The van der Waals surface area contributed by atoms with Crippen molar-refractivity contribution in [2.75, 3.05) is 32.1 Å². The molecule has 1 aromatic heterocycles. The Bertz CT molecular complexity index is 1480. The smallest absolute Gasteiger partial charge is 0.328 e. The average molecular weight is 583 g/mol. The van der Waals surface area contributed by atoms with Crippen molar-refractivity contribution in [2.24, 2.45) is 5.92 Å². The van der Waals surface area contributed by atoms with Crippen LogP contribution in [0, 0.1) is 5.92 Å². The van der Waals surface area contributed by atoms with Gasteiger partial charge >= 0.3 is 5.97 Å². The minimum absolute atomic E-state index is 0.0595. The van der Waals surface area contributed by atoms with Crippen molar-refractivity contribution in [3.8, 4) is 5.75 Å². The first-order valence-corrected chi connectivity index (χ1v) is 15.0. The van der Waals surface area contributed by atoms with E-state index in [1.165, 1.54) is 31.3 Å². The van der Waals surface area contributed by atoms with Gasteiger partial charge in [-0.1, -0.05) is 60.7 Å². The van der Waals surface area contributed by atoms with Crippen LogP contribution in [0.2, 0.25) is 0 Å². The van der Waals surface area contributed by atoms with Gasteiger partial charge in [0.2, 0.25) is 0 Å². The minimum atomic E-state index is -0.703. The van der Waals surface area contributed by atoms with Crippen LogP contribution in [0.1, 0.15) is 44.0 Å². The molecule has 0 aliphatic heterocycles. The van der Waals surface area contributed by atoms with Crippen molar-refractivity contribution in [3.63, 3.8) is 0 Å². The zero-order chi connectivity index (χ0) is 29.3. The third-order valence-electron chi connectivity index (χ3n) is 7.21. The van der Waals surface area contributed by atoms with E-state index in [-0.39, 0.29) is 11.7 Å². The van der Waals surface area contributed by atoms with E-state index in [0.717, 1.165) is 17.0 Å². The van der Waals surface area contributed by atoms with Crippen LogP contribution >= 0.6 is 11.3 Å². The monoisotopic (exact) mass is 582 g/mol. The Labute approximate surface area is 250 Å². The highest BCUT2D eigenvalue weighted by atomic mass is 32.1. The summed E-state index contributed by atoms with van der Waals surface area (Å²) in [5.41, 5.74) is 2.52. The Morgan fingerprint density at radius 3 is 2.36 bits per heavy atom. The number of thiophene rings is 1. The fraction of sp³-hybridized carbons (Fsp3) is 0.265. The van der Waals surface area contributed by atoms with Crippen molar-refractivity contribution >= 4 is 34.7 Å². The average Bonchev–Trinajstić information content (AvgIpc) is 3.68. The predicted octanol–water partition coefficient (Wildman–Crippen LogP) is 6.11. The molecule has 1 saturated carbocycles. The van der Waals surface area contributed by atoms with E-state index in [1.54, 1.807) is 30.3 Å². The van der Waals surface area contributed by atoms with E-state index >= 15 is 0 Å². The van der Waals surface area contributed by atoms with Gasteiger partial charge in [0.1, 0.15) is 18.4 Å². The number of methoxy groups -OCH3 is 1. The fourth-order valence-electron chi connectivity index (χ4n) is 4.75. The summed E-state index contributed by atoms with van der Waals surface area (Å²) < 4.78 is 11.1. The van der Waals surface area contributed by atoms with E-state index in [9.17, 15) is 14.4 Å². The molecule has 5 rings (SSSR count). The summed E-state index contributed by atoms with van der Waals surface area (Å²) in [6.07, 6.45) is 2.70. The number of esters is 1. The second-order valence-corrected chi connectivity index (χ2v) is 11.3. The molecule has 3 aromatic carbocycles. The topological polar surface area (TPSA) is 84.9 Å². The number of rotatable bonds is 14. The number of para-hydroxylation sites is 1. The number of carbonyl (C=O) groups is 3. The first kappa shape index (κ1) is 29.1. The maximum Gasteiger partial charge on any atom is 0.328 e. The van der Waals surface area contributed by atoms with E-state index < -0.39 is 12.0 Å². The summed E-state index contributed by atoms with van der Waals surface area (Å²) >= 11 is 1.46. The lowest BCUT2D eigenvalue weighted by molar-refractivity contribution is -0.141. The van der Waals surface area contributed by atoms with Gasteiger partial charge in [-0.15, -0.1) is 11.3 Å². The number of hydrogen-bond acceptors (Lipinski definition) is 7. The van der Waals surface area contributed by atoms with Crippen LogP contribution < -0.4 is 10.1 Å². The zero-order valence-electron chi connectivity index (χ0n) is 23.5. The second kappa shape index (κ2) is 14.0. The van der Waals surface area contributed by atoms with Crippen LogP contribution in [0.15, 0.2) is 96.4 Å². The maximum atomic E-state index is 13.2. The molecule has 0 bridgehead atoms. The van der Waals surface area contributed by atoms with Crippen LogP contribution in [0.4, 0.5) is 5.69 Å². The number of carbonyl (C=O) groups excluding carboxylic acids is 3. The SMILES string of the molecule is COC(=O)[C@H](Cc1ccc(OCCN(CC2CC2)C(=O)c2cccs2)cc1)Nc1ccccc1C(=O)c1ccccc1. The highest BCUT2D eigenvalue weighted by molar-refractivity contribution is 7.12. The molecule has 1 aliphatic carbocycles. The molecule has 4 aromatic rings. The molecule has 7 nitrogen and oxygen atoms in total. The van der Waals surface area contributed by atoms with Gasteiger partial charge in [0.25, 0.3) is 5.91 Å². The Morgan fingerprint density at radius 1 is 0.929 bits per heavy atom. The van der Waals surface area contributed by atoms with Crippen molar-refractivity contribution < 1.29 is 23.9 Å². The normalized spacial score (nSPS) is 13.2. The summed E-state index contributed by atoms with van der Waals surface area (Å²) in [6.45, 7) is 1.67.